The summed E-state index contributed by atoms with van der Waals surface area (Å²) >= 11 is 0. The summed E-state index contributed by atoms with van der Waals surface area (Å²) in [6.45, 7) is 0. The van der Waals surface area contributed by atoms with E-state index in [2.05, 4.69) is 5.16 Å². The van der Waals surface area contributed by atoms with Gasteiger partial charge in [-0.1, -0.05) is 11.6 Å². The van der Waals surface area contributed by atoms with Crippen molar-refractivity contribution >= 4 is 15.8 Å². The summed E-state index contributed by atoms with van der Waals surface area (Å²) in [6, 6.07) is 5.17. The third-order valence-corrected chi connectivity index (χ3v) is 4.82. The van der Waals surface area contributed by atoms with Crippen molar-refractivity contribution in [3.63, 3.8) is 0 Å². The van der Waals surface area contributed by atoms with Gasteiger partial charge in [-0.2, -0.15) is 8.42 Å². The zero-order valence-corrected chi connectivity index (χ0v) is 14.2. The van der Waals surface area contributed by atoms with Crippen LogP contribution in [0.25, 0.3) is 0 Å². The largest absolute Gasteiger partial charge is 0.493 e. The number of nitrogens with zero attached hydrogens (tertiary/aromatic N) is 1. The maximum atomic E-state index is 11.4. The average Bonchev–Trinajstić information content (AvgIpc) is 2.90. The first-order valence-corrected chi connectivity index (χ1v) is 9.55. The molecule has 6 nitrogen and oxygen atoms in total. The van der Waals surface area contributed by atoms with E-state index in [1.807, 2.05) is 6.07 Å². The van der Waals surface area contributed by atoms with Crippen molar-refractivity contribution in [1.82, 2.24) is 0 Å². The van der Waals surface area contributed by atoms with Crippen molar-refractivity contribution < 1.29 is 22.2 Å². The zero-order valence-electron chi connectivity index (χ0n) is 13.4. The third kappa shape index (κ3) is 3.60. The average molecular weight is 339 g/mol. The third-order valence-electron chi connectivity index (χ3n) is 4.34. The predicted molar refractivity (Wildman–Crippen MR) is 86.5 cm³/mol. The highest BCUT2D eigenvalue weighted by molar-refractivity contribution is 7.86. The Morgan fingerprint density at radius 3 is 2.57 bits per heavy atom. The van der Waals surface area contributed by atoms with Crippen LogP contribution in [0, 0.1) is 0 Å². The number of ether oxygens (including phenoxy) is 1. The summed E-state index contributed by atoms with van der Waals surface area (Å²) in [4.78, 5) is 5.74. The predicted octanol–water partition coefficient (Wildman–Crippen LogP) is 2.86. The number of hydrogen-bond acceptors (Lipinski definition) is 6. The highest BCUT2D eigenvalue weighted by Crippen LogP contribution is 2.40. The number of hydrogen-bond donors (Lipinski definition) is 0. The molecule has 126 valence electrons. The summed E-state index contributed by atoms with van der Waals surface area (Å²) in [5.74, 6) is 0.533. The van der Waals surface area contributed by atoms with E-state index in [0.29, 0.717) is 5.75 Å². The van der Waals surface area contributed by atoms with Crippen LogP contribution in [0.4, 0.5) is 0 Å². The Bertz CT molecular complexity index is 720. The van der Waals surface area contributed by atoms with E-state index in [1.165, 1.54) is 13.5 Å². The molecule has 0 bridgehead atoms. The van der Waals surface area contributed by atoms with Gasteiger partial charge in [0.1, 0.15) is 5.60 Å². The Morgan fingerprint density at radius 1 is 1.17 bits per heavy atom. The molecule has 0 unspecified atom stereocenters. The summed E-state index contributed by atoms with van der Waals surface area (Å²) in [7, 11) is -2.16. The lowest BCUT2D eigenvalue weighted by Gasteiger charge is -2.30. The Hall–Kier alpha value is -1.76. The first kappa shape index (κ1) is 16.1. The SMILES string of the molecule is COc1ccc(C2=NOC3(CCCCC3)C2)cc1OS(C)(=O)=O. The van der Waals surface area contributed by atoms with Crippen LogP contribution >= 0.6 is 0 Å². The van der Waals surface area contributed by atoms with Gasteiger partial charge in [-0.15, -0.1) is 0 Å². The van der Waals surface area contributed by atoms with Crippen LogP contribution < -0.4 is 8.92 Å². The van der Waals surface area contributed by atoms with Gasteiger partial charge in [0.2, 0.25) is 0 Å². The highest BCUT2D eigenvalue weighted by atomic mass is 32.2. The Balaban J connectivity index is 1.85. The maximum Gasteiger partial charge on any atom is 0.306 e. The van der Waals surface area contributed by atoms with Crippen LogP contribution in [-0.4, -0.2) is 33.1 Å². The monoisotopic (exact) mass is 339 g/mol. The number of benzene rings is 1. The molecule has 0 aromatic heterocycles. The van der Waals surface area contributed by atoms with Crippen LogP contribution in [0.2, 0.25) is 0 Å². The van der Waals surface area contributed by atoms with Crippen LogP contribution in [0.3, 0.4) is 0 Å². The lowest BCUT2D eigenvalue weighted by atomic mass is 9.81. The summed E-state index contributed by atoms with van der Waals surface area (Å²) in [6.07, 6.45) is 7.35. The van der Waals surface area contributed by atoms with E-state index in [9.17, 15) is 8.42 Å². The molecule has 1 aromatic rings. The van der Waals surface area contributed by atoms with Gasteiger partial charge in [0.25, 0.3) is 0 Å². The first-order chi connectivity index (χ1) is 10.9. The topological polar surface area (TPSA) is 74.2 Å². The molecule has 0 saturated heterocycles. The molecule has 23 heavy (non-hydrogen) atoms. The van der Waals surface area contributed by atoms with Crippen molar-refractivity contribution in [3.05, 3.63) is 23.8 Å². The van der Waals surface area contributed by atoms with E-state index >= 15 is 0 Å². The highest BCUT2D eigenvalue weighted by Gasteiger charge is 2.40. The molecule has 0 radical (unpaired) electrons. The van der Waals surface area contributed by atoms with E-state index in [4.69, 9.17) is 13.8 Å². The fourth-order valence-corrected chi connectivity index (χ4v) is 3.68. The molecular formula is C16H21NO5S. The quantitative estimate of drug-likeness (QED) is 0.789. The van der Waals surface area contributed by atoms with Gasteiger partial charge >= 0.3 is 10.1 Å². The van der Waals surface area contributed by atoms with Crippen molar-refractivity contribution in [2.75, 3.05) is 13.4 Å². The van der Waals surface area contributed by atoms with Gasteiger partial charge in [0, 0.05) is 12.0 Å². The minimum atomic E-state index is -3.63. The molecule has 3 rings (SSSR count). The van der Waals surface area contributed by atoms with Crippen molar-refractivity contribution in [2.45, 2.75) is 44.1 Å². The van der Waals surface area contributed by atoms with Crippen molar-refractivity contribution in [2.24, 2.45) is 5.16 Å². The van der Waals surface area contributed by atoms with E-state index < -0.39 is 10.1 Å². The molecule has 7 heteroatoms. The summed E-state index contributed by atoms with van der Waals surface area (Å²) < 4.78 is 33.0. The molecule has 1 aromatic carbocycles. The lowest BCUT2D eigenvalue weighted by Crippen LogP contribution is -2.31. The van der Waals surface area contributed by atoms with Crippen LogP contribution in [-0.2, 0) is 15.0 Å². The smallest absolute Gasteiger partial charge is 0.306 e. The summed E-state index contributed by atoms with van der Waals surface area (Å²) in [5.41, 5.74) is 1.45. The normalized spacial score (nSPS) is 20.0. The van der Waals surface area contributed by atoms with Gasteiger partial charge in [-0.25, -0.2) is 0 Å². The second-order valence-electron chi connectivity index (χ2n) is 6.20. The summed E-state index contributed by atoms with van der Waals surface area (Å²) in [5, 5.41) is 4.25. The number of rotatable bonds is 4. The minimum Gasteiger partial charge on any atom is -0.493 e. The Morgan fingerprint density at radius 2 is 1.91 bits per heavy atom. The first-order valence-electron chi connectivity index (χ1n) is 7.74. The van der Waals surface area contributed by atoms with E-state index in [0.717, 1.165) is 49.6 Å². The van der Waals surface area contributed by atoms with E-state index in [-0.39, 0.29) is 11.4 Å². The van der Waals surface area contributed by atoms with Crippen molar-refractivity contribution in [1.29, 1.82) is 0 Å². The molecule has 1 spiro atoms. The van der Waals surface area contributed by atoms with Gasteiger partial charge < -0.3 is 13.8 Å². The van der Waals surface area contributed by atoms with Gasteiger partial charge in [-0.3, -0.25) is 0 Å². The van der Waals surface area contributed by atoms with Crippen LogP contribution in [0.5, 0.6) is 11.5 Å². The molecule has 1 saturated carbocycles. The van der Waals surface area contributed by atoms with Gasteiger partial charge in [0.05, 0.1) is 19.1 Å². The Labute approximate surface area is 136 Å². The molecule has 1 heterocycles. The van der Waals surface area contributed by atoms with Gasteiger partial charge in [0.15, 0.2) is 11.5 Å². The number of methoxy groups -OCH3 is 1. The maximum absolute atomic E-state index is 11.4. The Kier molecular flexibility index (Phi) is 4.23. The molecule has 0 N–H and O–H groups in total. The second-order valence-corrected chi connectivity index (χ2v) is 7.78. The fourth-order valence-electron chi connectivity index (χ4n) is 3.22. The lowest BCUT2D eigenvalue weighted by molar-refractivity contribution is -0.0449. The molecule has 1 fully saturated rings. The van der Waals surface area contributed by atoms with Crippen molar-refractivity contribution in [3.8, 4) is 11.5 Å². The van der Waals surface area contributed by atoms with E-state index in [1.54, 1.807) is 12.1 Å². The molecular weight excluding hydrogens is 318 g/mol. The van der Waals surface area contributed by atoms with Crippen LogP contribution in [0.1, 0.15) is 44.1 Å². The second kappa shape index (κ2) is 6.03. The molecule has 2 aliphatic rings. The van der Waals surface area contributed by atoms with Gasteiger partial charge in [-0.05, 0) is 43.9 Å². The minimum absolute atomic E-state index is 0.166. The number of oxime groups is 1. The molecule has 1 aliphatic carbocycles. The molecule has 1 aliphatic heterocycles. The zero-order chi connectivity index (χ0) is 16.5. The molecule has 0 atom stereocenters. The molecule has 0 amide bonds. The standard InChI is InChI=1S/C16H21NO5S/c1-20-14-7-6-12(10-15(14)21-23(2,18)19)13-11-16(22-17-13)8-4-3-5-9-16/h6-7,10H,3-5,8-9,11H2,1-2H3. The van der Waals surface area contributed by atoms with Crippen LogP contribution in [0.15, 0.2) is 23.4 Å². The fraction of sp³-hybridized carbons (Fsp3) is 0.562.